The molecular formula is C17H20N6O2. The molecule has 0 aliphatic carbocycles. The zero-order valence-corrected chi connectivity index (χ0v) is 14.0. The van der Waals surface area contributed by atoms with E-state index < -0.39 is 0 Å². The number of carbonyl (C=O) groups is 1. The molecule has 0 aromatic carbocycles. The van der Waals surface area contributed by atoms with Crippen molar-refractivity contribution in [3.8, 4) is 11.1 Å². The van der Waals surface area contributed by atoms with E-state index in [0.717, 1.165) is 35.3 Å². The highest BCUT2D eigenvalue weighted by atomic mass is 16.3. The summed E-state index contributed by atoms with van der Waals surface area (Å²) in [6, 6.07) is 1.89. The average Bonchev–Trinajstić information content (AvgIpc) is 3.35. The maximum Gasteiger partial charge on any atom is 0.272 e. The summed E-state index contributed by atoms with van der Waals surface area (Å²) >= 11 is 0. The topological polar surface area (TPSA) is 89.9 Å². The second-order valence-corrected chi connectivity index (χ2v) is 6.08. The molecule has 1 aliphatic heterocycles. The number of hydrogen-bond acceptors (Lipinski definition) is 5. The van der Waals surface area contributed by atoms with Gasteiger partial charge < -0.3 is 15.1 Å². The first-order valence-corrected chi connectivity index (χ1v) is 8.31. The molecule has 0 saturated heterocycles. The molecule has 130 valence electrons. The first kappa shape index (κ1) is 15.6. The van der Waals surface area contributed by atoms with Gasteiger partial charge in [-0.3, -0.25) is 14.2 Å². The number of fused-ring (bicyclic) bond motifs is 1. The third-order valence-electron chi connectivity index (χ3n) is 4.44. The maximum atomic E-state index is 12.5. The monoisotopic (exact) mass is 340 g/mol. The molecule has 2 N–H and O–H groups in total. The minimum atomic E-state index is -0.136. The minimum Gasteiger partial charge on any atom is -0.472 e. The molecule has 0 saturated carbocycles. The van der Waals surface area contributed by atoms with Crippen molar-refractivity contribution < 1.29 is 9.21 Å². The van der Waals surface area contributed by atoms with Gasteiger partial charge in [0.05, 0.1) is 25.3 Å². The second-order valence-electron chi connectivity index (χ2n) is 6.08. The van der Waals surface area contributed by atoms with Gasteiger partial charge in [-0.05, 0) is 6.07 Å². The third kappa shape index (κ3) is 3.08. The highest BCUT2D eigenvalue weighted by Gasteiger charge is 2.23. The molecule has 8 nitrogen and oxygen atoms in total. The van der Waals surface area contributed by atoms with Gasteiger partial charge in [0, 0.05) is 61.7 Å². The van der Waals surface area contributed by atoms with Gasteiger partial charge in [-0.15, -0.1) is 0 Å². The lowest BCUT2D eigenvalue weighted by Crippen LogP contribution is -2.30. The van der Waals surface area contributed by atoms with Crippen LogP contribution in [-0.2, 0) is 26.6 Å². The van der Waals surface area contributed by atoms with Crippen molar-refractivity contribution in [1.82, 2.24) is 30.2 Å². The number of nitrogens with one attached hydrogen (secondary N) is 2. The van der Waals surface area contributed by atoms with Crippen molar-refractivity contribution in [3.05, 3.63) is 47.9 Å². The molecule has 0 fully saturated rings. The normalized spacial score (nSPS) is 13.6. The van der Waals surface area contributed by atoms with Gasteiger partial charge in [-0.1, -0.05) is 0 Å². The summed E-state index contributed by atoms with van der Waals surface area (Å²) in [6.45, 7) is 2.70. The Morgan fingerprint density at radius 2 is 2.36 bits per heavy atom. The number of rotatable bonds is 5. The maximum absolute atomic E-state index is 12.5. The Hall–Kier alpha value is -2.87. The molecule has 0 unspecified atom stereocenters. The summed E-state index contributed by atoms with van der Waals surface area (Å²) in [5.41, 5.74) is 4.64. The van der Waals surface area contributed by atoms with Crippen LogP contribution < -0.4 is 10.6 Å². The van der Waals surface area contributed by atoms with Crippen LogP contribution in [0.2, 0.25) is 0 Å². The lowest BCUT2D eigenvalue weighted by Gasteiger charge is -2.14. The predicted octanol–water partition coefficient (Wildman–Crippen LogP) is 0.952. The van der Waals surface area contributed by atoms with Crippen LogP contribution in [0.25, 0.3) is 11.1 Å². The Morgan fingerprint density at radius 3 is 3.20 bits per heavy atom. The van der Waals surface area contributed by atoms with Crippen molar-refractivity contribution >= 4 is 5.91 Å². The number of hydrogen-bond donors (Lipinski definition) is 2. The van der Waals surface area contributed by atoms with Crippen LogP contribution in [0.3, 0.4) is 0 Å². The molecule has 4 heterocycles. The van der Waals surface area contributed by atoms with E-state index in [-0.39, 0.29) is 5.91 Å². The van der Waals surface area contributed by atoms with E-state index in [1.54, 1.807) is 23.4 Å². The van der Waals surface area contributed by atoms with E-state index in [1.165, 1.54) is 0 Å². The summed E-state index contributed by atoms with van der Waals surface area (Å²) in [5.74, 6) is -0.136. The van der Waals surface area contributed by atoms with Crippen LogP contribution in [-0.4, -0.2) is 38.6 Å². The molecule has 1 amide bonds. The van der Waals surface area contributed by atoms with Crippen LogP contribution >= 0.6 is 0 Å². The van der Waals surface area contributed by atoms with E-state index in [4.69, 9.17) is 4.42 Å². The van der Waals surface area contributed by atoms with Gasteiger partial charge in [0.15, 0.2) is 5.69 Å². The summed E-state index contributed by atoms with van der Waals surface area (Å²) in [5, 5.41) is 14.9. The first-order chi connectivity index (χ1) is 12.2. The third-order valence-corrected chi connectivity index (χ3v) is 4.44. The molecule has 3 aromatic heterocycles. The molecule has 0 bridgehead atoms. The van der Waals surface area contributed by atoms with E-state index in [9.17, 15) is 4.79 Å². The minimum absolute atomic E-state index is 0.136. The standard InChI is InChI=1S/C17H20N6O2/c1-22-15-2-4-18-9-14(15)16(21-22)17(24)19-5-6-23-10-13(8-20-23)12-3-7-25-11-12/h3,7-8,10-11,18H,2,4-6,9H2,1H3,(H,19,24). The molecule has 0 spiro atoms. The van der Waals surface area contributed by atoms with Gasteiger partial charge in [0.25, 0.3) is 5.91 Å². The molecule has 8 heteroatoms. The number of aryl methyl sites for hydroxylation is 1. The van der Waals surface area contributed by atoms with Crippen LogP contribution in [0.1, 0.15) is 21.7 Å². The number of furan rings is 1. The van der Waals surface area contributed by atoms with Crippen LogP contribution in [0, 0.1) is 0 Å². The lowest BCUT2D eigenvalue weighted by molar-refractivity contribution is 0.0945. The van der Waals surface area contributed by atoms with Crippen molar-refractivity contribution in [2.45, 2.75) is 19.5 Å². The van der Waals surface area contributed by atoms with E-state index in [1.807, 2.05) is 24.0 Å². The van der Waals surface area contributed by atoms with Gasteiger partial charge in [-0.2, -0.15) is 10.2 Å². The number of amides is 1. The zero-order valence-electron chi connectivity index (χ0n) is 14.0. The van der Waals surface area contributed by atoms with Crippen LogP contribution in [0.15, 0.2) is 35.4 Å². The van der Waals surface area contributed by atoms with Crippen LogP contribution in [0.4, 0.5) is 0 Å². The van der Waals surface area contributed by atoms with E-state index in [0.29, 0.717) is 25.3 Å². The average molecular weight is 340 g/mol. The molecule has 4 rings (SSSR count). The predicted molar refractivity (Wildman–Crippen MR) is 90.9 cm³/mol. The van der Waals surface area contributed by atoms with Crippen molar-refractivity contribution in [2.24, 2.45) is 7.05 Å². The van der Waals surface area contributed by atoms with Gasteiger partial charge in [-0.25, -0.2) is 0 Å². The first-order valence-electron chi connectivity index (χ1n) is 8.31. The molecule has 1 aliphatic rings. The highest BCUT2D eigenvalue weighted by Crippen LogP contribution is 2.19. The summed E-state index contributed by atoms with van der Waals surface area (Å²) in [6.07, 6.45) is 7.93. The Labute approximate surface area is 144 Å². The Kier molecular flexibility index (Phi) is 4.10. The quantitative estimate of drug-likeness (QED) is 0.722. The summed E-state index contributed by atoms with van der Waals surface area (Å²) in [4.78, 5) is 12.5. The van der Waals surface area contributed by atoms with Crippen molar-refractivity contribution in [3.63, 3.8) is 0 Å². The smallest absolute Gasteiger partial charge is 0.272 e. The largest absolute Gasteiger partial charge is 0.472 e. The Bertz CT molecular complexity index is 877. The Balaban J connectivity index is 1.37. The fraction of sp³-hybridized carbons (Fsp3) is 0.353. The lowest BCUT2D eigenvalue weighted by atomic mass is 10.1. The fourth-order valence-corrected chi connectivity index (χ4v) is 3.14. The fourth-order valence-electron chi connectivity index (χ4n) is 3.14. The van der Waals surface area contributed by atoms with E-state index in [2.05, 4.69) is 20.8 Å². The number of aromatic nitrogens is 4. The summed E-state index contributed by atoms with van der Waals surface area (Å²) < 4.78 is 8.70. The SMILES string of the molecule is Cn1nc(C(=O)NCCn2cc(-c3ccoc3)cn2)c2c1CCNC2. The van der Waals surface area contributed by atoms with Crippen LogP contribution in [0.5, 0.6) is 0 Å². The van der Waals surface area contributed by atoms with Gasteiger partial charge in [0.2, 0.25) is 0 Å². The Morgan fingerprint density at radius 1 is 1.44 bits per heavy atom. The molecule has 3 aromatic rings. The summed E-state index contributed by atoms with van der Waals surface area (Å²) in [7, 11) is 1.89. The zero-order chi connectivity index (χ0) is 17.2. The number of carbonyl (C=O) groups excluding carboxylic acids is 1. The second kappa shape index (κ2) is 6.56. The number of nitrogens with zero attached hydrogens (tertiary/aromatic N) is 4. The van der Waals surface area contributed by atoms with E-state index >= 15 is 0 Å². The molecular weight excluding hydrogens is 320 g/mol. The molecule has 0 radical (unpaired) electrons. The molecule has 25 heavy (non-hydrogen) atoms. The van der Waals surface area contributed by atoms with Crippen molar-refractivity contribution in [2.75, 3.05) is 13.1 Å². The highest BCUT2D eigenvalue weighted by molar-refractivity contribution is 5.94. The van der Waals surface area contributed by atoms with Gasteiger partial charge in [0.1, 0.15) is 0 Å². The van der Waals surface area contributed by atoms with Crippen molar-refractivity contribution in [1.29, 1.82) is 0 Å². The molecule has 0 atom stereocenters. The van der Waals surface area contributed by atoms with Gasteiger partial charge >= 0.3 is 0 Å².